The number of carbonyl (C=O) groups excluding carboxylic acids is 2. The SMILES string of the molecule is O=C(/C=C/c1ccc(C(F)(F)F)cc1)NCC(=O)N1CCc2ccc(Br)cc2C1. The van der Waals surface area contributed by atoms with Gasteiger partial charge in [-0.1, -0.05) is 34.1 Å². The highest BCUT2D eigenvalue weighted by Gasteiger charge is 2.29. The number of halogens is 4. The van der Waals surface area contributed by atoms with E-state index in [1.807, 2.05) is 18.2 Å². The van der Waals surface area contributed by atoms with Gasteiger partial charge in [0.05, 0.1) is 12.1 Å². The molecule has 0 radical (unpaired) electrons. The van der Waals surface area contributed by atoms with Crippen LogP contribution in [0.25, 0.3) is 6.08 Å². The minimum atomic E-state index is -4.40. The van der Waals surface area contributed by atoms with Crippen LogP contribution in [0, 0.1) is 0 Å². The summed E-state index contributed by atoms with van der Waals surface area (Å²) >= 11 is 3.42. The zero-order chi connectivity index (χ0) is 21.0. The first kappa shape index (κ1) is 21.1. The summed E-state index contributed by atoms with van der Waals surface area (Å²) in [6.45, 7) is 0.940. The number of rotatable bonds is 4. The quantitative estimate of drug-likeness (QED) is 0.687. The van der Waals surface area contributed by atoms with Crippen molar-refractivity contribution in [1.29, 1.82) is 0 Å². The second-order valence-corrected chi connectivity index (χ2v) is 7.56. The second kappa shape index (κ2) is 8.82. The molecule has 2 aromatic rings. The van der Waals surface area contributed by atoms with Crippen LogP contribution in [-0.4, -0.2) is 29.8 Å². The smallest absolute Gasteiger partial charge is 0.343 e. The molecule has 4 nitrogen and oxygen atoms in total. The van der Waals surface area contributed by atoms with Crippen molar-refractivity contribution in [2.24, 2.45) is 0 Å². The molecule has 0 saturated heterocycles. The maximum atomic E-state index is 12.5. The largest absolute Gasteiger partial charge is 0.416 e. The Bertz CT molecular complexity index is 940. The number of nitrogens with one attached hydrogen (secondary N) is 1. The first-order valence-corrected chi connectivity index (χ1v) is 9.70. The molecule has 0 aromatic heterocycles. The standard InChI is InChI=1S/C21H18BrF3N2O2/c22-18-7-4-15-9-10-27(13-16(15)11-18)20(29)12-26-19(28)8-3-14-1-5-17(6-2-14)21(23,24)25/h1-8,11H,9-10,12-13H2,(H,26,28)/b8-3+. The van der Waals surface area contributed by atoms with E-state index in [2.05, 4.69) is 21.2 Å². The van der Waals surface area contributed by atoms with Gasteiger partial charge in [0.1, 0.15) is 0 Å². The Hall–Kier alpha value is -2.61. The topological polar surface area (TPSA) is 49.4 Å². The molecule has 0 fully saturated rings. The fourth-order valence-corrected chi connectivity index (χ4v) is 3.44. The van der Waals surface area contributed by atoms with Crippen molar-refractivity contribution in [3.63, 3.8) is 0 Å². The number of hydrogen-bond acceptors (Lipinski definition) is 2. The molecule has 8 heteroatoms. The first-order valence-electron chi connectivity index (χ1n) is 8.90. The van der Waals surface area contributed by atoms with Gasteiger partial charge in [0.2, 0.25) is 11.8 Å². The van der Waals surface area contributed by atoms with Crippen LogP contribution in [0.1, 0.15) is 22.3 Å². The third-order valence-electron chi connectivity index (χ3n) is 4.61. The third-order valence-corrected chi connectivity index (χ3v) is 5.11. The highest BCUT2D eigenvalue weighted by molar-refractivity contribution is 9.10. The Balaban J connectivity index is 1.50. The fraction of sp³-hybridized carbons (Fsp3) is 0.238. The van der Waals surface area contributed by atoms with E-state index in [0.717, 1.165) is 28.6 Å². The van der Waals surface area contributed by atoms with Crippen molar-refractivity contribution in [3.05, 3.63) is 75.3 Å². The van der Waals surface area contributed by atoms with Crippen LogP contribution in [0.15, 0.2) is 53.0 Å². The maximum Gasteiger partial charge on any atom is 0.416 e. The molecule has 1 aliphatic rings. The lowest BCUT2D eigenvalue weighted by Gasteiger charge is -2.29. The zero-order valence-electron chi connectivity index (χ0n) is 15.3. The van der Waals surface area contributed by atoms with Crippen LogP contribution in [0.3, 0.4) is 0 Å². The van der Waals surface area contributed by atoms with Gasteiger partial charge >= 0.3 is 6.18 Å². The normalized spacial score (nSPS) is 14.0. The molecule has 1 N–H and O–H groups in total. The fourth-order valence-electron chi connectivity index (χ4n) is 3.03. The van der Waals surface area contributed by atoms with Gasteiger partial charge in [-0.3, -0.25) is 9.59 Å². The van der Waals surface area contributed by atoms with Gasteiger partial charge < -0.3 is 10.2 Å². The third kappa shape index (κ3) is 5.69. The van der Waals surface area contributed by atoms with Gasteiger partial charge in [0.15, 0.2) is 0 Å². The molecule has 29 heavy (non-hydrogen) atoms. The molecule has 2 aromatic carbocycles. The number of carbonyl (C=O) groups is 2. The predicted molar refractivity (Wildman–Crippen MR) is 107 cm³/mol. The van der Waals surface area contributed by atoms with Crippen molar-refractivity contribution in [1.82, 2.24) is 10.2 Å². The van der Waals surface area contributed by atoms with Gasteiger partial charge in [0.25, 0.3) is 0 Å². The summed E-state index contributed by atoms with van der Waals surface area (Å²) in [5.41, 5.74) is 1.99. The van der Waals surface area contributed by atoms with Crippen molar-refractivity contribution in [3.8, 4) is 0 Å². The van der Waals surface area contributed by atoms with Crippen LogP contribution in [0.2, 0.25) is 0 Å². The van der Waals surface area contributed by atoms with E-state index in [1.54, 1.807) is 4.90 Å². The number of fused-ring (bicyclic) bond motifs is 1. The minimum absolute atomic E-state index is 0.139. The number of amides is 2. The van der Waals surface area contributed by atoms with E-state index in [-0.39, 0.29) is 12.5 Å². The van der Waals surface area contributed by atoms with Gasteiger partial charge in [0, 0.05) is 23.6 Å². The molecular formula is C21H18BrF3N2O2. The summed E-state index contributed by atoms with van der Waals surface area (Å²) in [6, 6.07) is 10.5. The Morgan fingerprint density at radius 3 is 2.52 bits per heavy atom. The van der Waals surface area contributed by atoms with Crippen LogP contribution < -0.4 is 5.32 Å². The summed E-state index contributed by atoms with van der Waals surface area (Å²) in [6.07, 6.45) is -1.05. The van der Waals surface area contributed by atoms with E-state index >= 15 is 0 Å². The van der Waals surface area contributed by atoms with E-state index in [4.69, 9.17) is 0 Å². The van der Waals surface area contributed by atoms with Crippen molar-refractivity contribution in [2.45, 2.75) is 19.1 Å². The Morgan fingerprint density at radius 2 is 1.83 bits per heavy atom. The number of benzene rings is 2. The van der Waals surface area contributed by atoms with Gasteiger partial charge in [-0.05, 0) is 53.5 Å². The summed E-state index contributed by atoms with van der Waals surface area (Å²) in [5.74, 6) is -0.676. The Kier molecular flexibility index (Phi) is 6.42. The molecule has 3 rings (SSSR count). The van der Waals surface area contributed by atoms with Crippen LogP contribution in [-0.2, 0) is 28.7 Å². The number of hydrogen-bond donors (Lipinski definition) is 1. The van der Waals surface area contributed by atoms with Gasteiger partial charge in [-0.15, -0.1) is 0 Å². The average molecular weight is 467 g/mol. The zero-order valence-corrected chi connectivity index (χ0v) is 16.9. The molecule has 0 bridgehead atoms. The summed E-state index contributed by atoms with van der Waals surface area (Å²) in [4.78, 5) is 26.0. The number of nitrogens with zero attached hydrogens (tertiary/aromatic N) is 1. The molecule has 1 aliphatic heterocycles. The van der Waals surface area contributed by atoms with Crippen molar-refractivity contribution < 1.29 is 22.8 Å². The molecule has 0 saturated carbocycles. The molecule has 0 atom stereocenters. The molecule has 0 spiro atoms. The highest BCUT2D eigenvalue weighted by atomic mass is 79.9. The average Bonchev–Trinajstić information content (AvgIpc) is 2.69. The molecule has 1 heterocycles. The number of alkyl halides is 3. The lowest BCUT2D eigenvalue weighted by atomic mass is 10.00. The maximum absolute atomic E-state index is 12.5. The Morgan fingerprint density at radius 1 is 1.10 bits per heavy atom. The van der Waals surface area contributed by atoms with Crippen molar-refractivity contribution in [2.75, 3.05) is 13.1 Å². The molecule has 152 valence electrons. The first-order chi connectivity index (χ1) is 13.7. The lowest BCUT2D eigenvalue weighted by molar-refractivity contribution is -0.137. The predicted octanol–water partition coefficient (Wildman–Crippen LogP) is 4.18. The lowest BCUT2D eigenvalue weighted by Crippen LogP contribution is -2.42. The monoisotopic (exact) mass is 466 g/mol. The van der Waals surface area contributed by atoms with Crippen LogP contribution in [0.5, 0.6) is 0 Å². The van der Waals surface area contributed by atoms with Gasteiger partial charge in [-0.2, -0.15) is 13.2 Å². The van der Waals surface area contributed by atoms with E-state index in [1.165, 1.54) is 29.8 Å². The Labute approximate surface area is 174 Å². The van der Waals surface area contributed by atoms with Gasteiger partial charge in [-0.25, -0.2) is 0 Å². The molecule has 2 amide bonds. The van der Waals surface area contributed by atoms with E-state index in [0.29, 0.717) is 18.7 Å². The second-order valence-electron chi connectivity index (χ2n) is 6.65. The van der Waals surface area contributed by atoms with Crippen molar-refractivity contribution >= 4 is 33.8 Å². The molecule has 0 unspecified atom stereocenters. The summed E-state index contributed by atoms with van der Waals surface area (Å²) in [5, 5.41) is 2.51. The van der Waals surface area contributed by atoms with Crippen LogP contribution >= 0.6 is 15.9 Å². The molecule has 0 aliphatic carbocycles. The molecular weight excluding hydrogens is 449 g/mol. The summed E-state index contributed by atoms with van der Waals surface area (Å²) < 4.78 is 38.6. The minimum Gasteiger partial charge on any atom is -0.343 e. The van der Waals surface area contributed by atoms with E-state index in [9.17, 15) is 22.8 Å². The summed E-state index contributed by atoms with van der Waals surface area (Å²) in [7, 11) is 0. The van der Waals surface area contributed by atoms with E-state index < -0.39 is 17.6 Å². The van der Waals surface area contributed by atoms with Crippen LogP contribution in [0.4, 0.5) is 13.2 Å². The highest BCUT2D eigenvalue weighted by Crippen LogP contribution is 2.29.